The Kier molecular flexibility index (Phi) is 18.7. The van der Waals surface area contributed by atoms with Gasteiger partial charge >= 0.3 is 0 Å². The van der Waals surface area contributed by atoms with E-state index in [4.69, 9.17) is 4.74 Å². The Morgan fingerprint density at radius 3 is 0.708 bits per heavy atom. The fourth-order valence-corrected chi connectivity index (χ4v) is 6.86. The van der Waals surface area contributed by atoms with Gasteiger partial charge in [0.05, 0.1) is 0 Å². The highest BCUT2D eigenvalue weighted by Crippen LogP contribution is 2.40. The van der Waals surface area contributed by atoms with E-state index in [-0.39, 0.29) is 0 Å². The van der Waals surface area contributed by atoms with Gasteiger partial charge in [-0.3, -0.25) is 0 Å². The Bertz CT molecular complexity index is 1240. The van der Waals surface area contributed by atoms with Crippen molar-refractivity contribution >= 4 is 10.8 Å². The lowest BCUT2D eigenvalue weighted by Gasteiger charge is -2.35. The standard InChI is InChI=1S/C12H10O.C10H8.C8H14.C6H12.C6H6.C5H10/c1-3-7-11(8-4-1)13-12-9-5-2-6-10-12;1-2-6-10-8-4-3-7-9(10)5-1;1-2-8-5-3-7(1)4-6-8;2*1-2-4-6-5-3-1;1-2-4-5-3-1/h1-10H;1-8H;7-8H,1-6H2;1-6H2;1-6H;1-5H2. The van der Waals surface area contributed by atoms with Gasteiger partial charge in [-0.05, 0) is 46.9 Å². The first-order valence-electron chi connectivity index (χ1n) is 19.1. The summed E-state index contributed by atoms with van der Waals surface area (Å²) in [5.41, 5.74) is 0. The average Bonchev–Trinajstić information content (AvgIpc) is 3.80. The largest absolute Gasteiger partial charge is 0.457 e. The molecule has 0 saturated heterocycles. The van der Waals surface area contributed by atoms with Crippen LogP contribution in [0.2, 0.25) is 0 Å². The van der Waals surface area contributed by atoms with Gasteiger partial charge in [0.15, 0.2) is 0 Å². The van der Waals surface area contributed by atoms with Crippen molar-refractivity contribution < 1.29 is 4.74 Å². The third kappa shape index (κ3) is 16.3. The molecule has 0 N–H and O–H groups in total. The van der Waals surface area contributed by atoms with Gasteiger partial charge in [-0.1, -0.05) is 230 Å². The second kappa shape index (κ2) is 24.3. The number of hydrogen-bond acceptors (Lipinski definition) is 1. The molecule has 0 radical (unpaired) electrons. The van der Waals surface area contributed by atoms with Crippen LogP contribution in [0.15, 0.2) is 146 Å². The molecule has 0 unspecified atom stereocenters. The fourth-order valence-electron chi connectivity index (χ4n) is 6.86. The van der Waals surface area contributed by atoms with E-state index in [0.717, 1.165) is 23.3 Å². The zero-order valence-corrected chi connectivity index (χ0v) is 29.4. The number of fused-ring (bicyclic) bond motifs is 4. The molecule has 10 rings (SSSR count). The lowest BCUT2D eigenvalue weighted by atomic mass is 9.71. The monoisotopic (exact) mass is 640 g/mol. The predicted octanol–water partition coefficient (Wildman–Crippen LogP) is 14.9. The van der Waals surface area contributed by atoms with Crippen LogP contribution < -0.4 is 4.74 Å². The van der Waals surface area contributed by atoms with Gasteiger partial charge in [0.25, 0.3) is 0 Å². The van der Waals surface area contributed by atoms with E-state index in [9.17, 15) is 0 Å². The highest BCUT2D eigenvalue weighted by Gasteiger charge is 2.26. The van der Waals surface area contributed by atoms with Crippen LogP contribution in [0.1, 0.15) is 109 Å². The smallest absolute Gasteiger partial charge is 0.127 e. The summed E-state index contributed by atoms with van der Waals surface area (Å²) in [6.45, 7) is 0. The zero-order valence-electron chi connectivity index (χ0n) is 29.4. The first-order chi connectivity index (χ1) is 23.9. The minimum atomic E-state index is 0.869. The maximum atomic E-state index is 5.58. The maximum absolute atomic E-state index is 5.58. The Balaban J connectivity index is 0.000000134. The topological polar surface area (TPSA) is 9.23 Å². The lowest BCUT2D eigenvalue weighted by Crippen LogP contribution is -2.21. The molecule has 0 heterocycles. The average molecular weight is 641 g/mol. The summed E-state index contributed by atoms with van der Waals surface area (Å²) < 4.78 is 5.58. The molecule has 1 heteroatoms. The van der Waals surface area contributed by atoms with Crippen molar-refractivity contribution in [2.75, 3.05) is 0 Å². The quantitative estimate of drug-likeness (QED) is 0.187. The van der Waals surface area contributed by atoms with Crippen molar-refractivity contribution in [2.24, 2.45) is 11.8 Å². The number of hydrogen-bond donors (Lipinski definition) is 0. The molecule has 5 saturated carbocycles. The van der Waals surface area contributed by atoms with Crippen molar-refractivity contribution in [3.05, 3.63) is 146 Å². The Labute approximate surface area is 292 Å². The summed E-state index contributed by atoms with van der Waals surface area (Å²) in [5, 5.41) is 2.62. The molecule has 5 aromatic rings. The van der Waals surface area contributed by atoms with Crippen molar-refractivity contribution in [3.8, 4) is 11.5 Å². The highest BCUT2D eigenvalue weighted by molar-refractivity contribution is 5.82. The molecular weight excluding hydrogens is 581 g/mol. The molecular formula is C47H60O. The SMILES string of the molecule is C1CC2CCC1CC2.C1CCCC1.C1CCCCC1.c1ccc(Oc2ccccc2)cc1.c1ccc2ccccc2c1.c1ccccc1. The minimum absolute atomic E-state index is 0.869. The predicted molar refractivity (Wildman–Crippen MR) is 209 cm³/mol. The van der Waals surface area contributed by atoms with Gasteiger partial charge in [0.1, 0.15) is 11.5 Å². The van der Waals surface area contributed by atoms with E-state index in [2.05, 4.69) is 48.5 Å². The van der Waals surface area contributed by atoms with Crippen LogP contribution >= 0.6 is 0 Å². The van der Waals surface area contributed by atoms with Crippen molar-refractivity contribution in [2.45, 2.75) is 109 Å². The minimum Gasteiger partial charge on any atom is -0.457 e. The first-order valence-corrected chi connectivity index (χ1v) is 19.1. The summed E-state index contributed by atoms with van der Waals surface area (Å²) in [6, 6.07) is 48.2. The molecule has 5 aromatic carbocycles. The normalized spacial score (nSPS) is 18.7. The first kappa shape index (κ1) is 37.0. The molecule has 5 fully saturated rings. The van der Waals surface area contributed by atoms with Crippen LogP contribution in [0.3, 0.4) is 0 Å². The van der Waals surface area contributed by atoms with E-state index >= 15 is 0 Å². The zero-order chi connectivity index (χ0) is 33.2. The summed E-state index contributed by atoms with van der Waals surface area (Å²) >= 11 is 0. The fraction of sp³-hybridized carbons (Fsp3) is 0.404. The van der Waals surface area contributed by atoms with Crippen molar-refractivity contribution in [1.29, 1.82) is 0 Å². The van der Waals surface area contributed by atoms with E-state index in [1.807, 2.05) is 97.1 Å². The van der Waals surface area contributed by atoms with Crippen molar-refractivity contribution in [3.63, 3.8) is 0 Å². The van der Waals surface area contributed by atoms with Gasteiger partial charge < -0.3 is 4.74 Å². The molecule has 254 valence electrons. The van der Waals surface area contributed by atoms with E-state index in [0.29, 0.717) is 0 Å². The van der Waals surface area contributed by atoms with Gasteiger partial charge in [-0.25, -0.2) is 0 Å². The summed E-state index contributed by atoms with van der Waals surface area (Å²) in [5.74, 6) is 4.04. The van der Waals surface area contributed by atoms with Crippen LogP contribution in [0.5, 0.6) is 11.5 Å². The van der Waals surface area contributed by atoms with Crippen LogP contribution in [0.4, 0.5) is 0 Å². The molecule has 2 bridgehead atoms. The second-order valence-corrected chi connectivity index (χ2v) is 13.6. The van der Waals surface area contributed by atoms with Crippen LogP contribution in [-0.4, -0.2) is 0 Å². The highest BCUT2D eigenvalue weighted by atomic mass is 16.5. The Hall–Kier alpha value is -3.84. The molecule has 1 nitrogen and oxygen atoms in total. The number of ether oxygens (including phenoxy) is 1. The van der Waals surface area contributed by atoms with E-state index in [1.165, 1.54) is 81.4 Å². The lowest BCUT2D eigenvalue weighted by molar-refractivity contribution is 0.176. The second-order valence-electron chi connectivity index (χ2n) is 13.6. The third-order valence-corrected chi connectivity index (χ3v) is 9.75. The Morgan fingerprint density at radius 1 is 0.271 bits per heavy atom. The molecule has 0 atom stereocenters. The molecule has 5 aliphatic rings. The number of para-hydroxylation sites is 2. The van der Waals surface area contributed by atoms with Gasteiger partial charge in [-0.2, -0.15) is 0 Å². The maximum Gasteiger partial charge on any atom is 0.127 e. The Morgan fingerprint density at radius 2 is 0.479 bits per heavy atom. The molecule has 0 aliphatic heterocycles. The molecule has 0 aromatic heterocycles. The number of benzene rings is 5. The van der Waals surface area contributed by atoms with Crippen LogP contribution in [-0.2, 0) is 0 Å². The summed E-state index contributed by atoms with van der Waals surface area (Å²) in [7, 11) is 0. The molecule has 48 heavy (non-hydrogen) atoms. The van der Waals surface area contributed by atoms with Gasteiger partial charge in [0, 0.05) is 0 Å². The van der Waals surface area contributed by atoms with Crippen LogP contribution in [0.25, 0.3) is 10.8 Å². The molecule has 0 spiro atoms. The van der Waals surface area contributed by atoms with E-state index in [1.54, 1.807) is 38.5 Å². The molecule has 0 amide bonds. The summed E-state index contributed by atoms with van der Waals surface area (Å²) in [6.07, 6.45) is 25.9. The third-order valence-electron chi connectivity index (χ3n) is 9.75. The van der Waals surface area contributed by atoms with Crippen LogP contribution in [0, 0.1) is 11.8 Å². The van der Waals surface area contributed by atoms with Crippen molar-refractivity contribution in [1.82, 2.24) is 0 Å². The summed E-state index contributed by atoms with van der Waals surface area (Å²) in [4.78, 5) is 0. The van der Waals surface area contributed by atoms with E-state index < -0.39 is 0 Å². The molecule has 5 aliphatic carbocycles. The van der Waals surface area contributed by atoms with Gasteiger partial charge in [0.2, 0.25) is 0 Å². The number of rotatable bonds is 2. The van der Waals surface area contributed by atoms with Gasteiger partial charge in [-0.15, -0.1) is 0 Å².